The van der Waals surface area contributed by atoms with Crippen molar-refractivity contribution in [3.8, 4) is 0 Å². The Bertz CT molecular complexity index is 799. The number of carbonyl (C=O) groups is 2. The number of nitrogens with one attached hydrogen (secondary N) is 2. The molecule has 0 bridgehead atoms. The largest absolute Gasteiger partial charge is 0.360 e. The number of aryl methyl sites for hydroxylation is 3. The highest BCUT2D eigenvalue weighted by atomic mass is 32.2. The minimum absolute atomic E-state index is 0.0981. The predicted octanol–water partition coefficient (Wildman–Crippen LogP) is 0.601. The second-order valence-electron chi connectivity index (χ2n) is 6.59. The number of hydrogen-bond acceptors (Lipinski definition) is 5. The van der Waals surface area contributed by atoms with Crippen molar-refractivity contribution in [1.29, 1.82) is 0 Å². The molecule has 27 heavy (non-hydrogen) atoms. The topological polar surface area (TPSA) is 105 Å². The Morgan fingerprint density at radius 2 is 1.74 bits per heavy atom. The van der Waals surface area contributed by atoms with Gasteiger partial charge in [0.05, 0.1) is 18.0 Å². The first-order valence-electron chi connectivity index (χ1n) is 8.95. The van der Waals surface area contributed by atoms with E-state index >= 15 is 0 Å². The quantitative estimate of drug-likeness (QED) is 0.708. The molecule has 0 aromatic heterocycles. The van der Waals surface area contributed by atoms with E-state index in [1.807, 2.05) is 19.1 Å². The van der Waals surface area contributed by atoms with Crippen LogP contribution in [-0.2, 0) is 24.3 Å². The normalized spacial score (nSPS) is 18.1. The van der Waals surface area contributed by atoms with Crippen molar-refractivity contribution in [2.75, 3.05) is 26.2 Å². The first-order valence-corrected chi connectivity index (χ1v) is 10.4. The number of rotatable bonds is 5. The molecular weight excluding hydrogens is 370 g/mol. The highest BCUT2D eigenvalue weighted by molar-refractivity contribution is 7.89. The molecule has 0 saturated carbocycles. The van der Waals surface area contributed by atoms with Gasteiger partial charge >= 0.3 is 11.8 Å². The molecule has 8 nitrogen and oxygen atoms in total. The Labute approximate surface area is 160 Å². The monoisotopic (exact) mass is 397 g/mol. The van der Waals surface area contributed by atoms with E-state index in [-0.39, 0.29) is 18.0 Å². The van der Waals surface area contributed by atoms with Crippen molar-refractivity contribution < 1.29 is 22.7 Å². The molecule has 2 rings (SSSR count). The fourth-order valence-corrected chi connectivity index (χ4v) is 5.28. The Kier molecular flexibility index (Phi) is 6.96. The van der Waals surface area contributed by atoms with Gasteiger partial charge in [0, 0.05) is 13.1 Å². The molecular formula is C18H27N3O5S. The molecule has 2 N–H and O–H groups in total. The second-order valence-corrected chi connectivity index (χ2v) is 8.42. The van der Waals surface area contributed by atoms with Crippen LogP contribution < -0.4 is 10.6 Å². The Morgan fingerprint density at radius 3 is 2.33 bits per heavy atom. The van der Waals surface area contributed by atoms with Gasteiger partial charge in [-0.05, 0) is 45.2 Å². The average Bonchev–Trinajstić information content (AvgIpc) is 2.58. The summed E-state index contributed by atoms with van der Waals surface area (Å²) in [5, 5.41) is 4.84. The van der Waals surface area contributed by atoms with E-state index in [2.05, 4.69) is 10.6 Å². The third kappa shape index (κ3) is 4.85. The number of benzene rings is 1. The number of likely N-dealkylation sites (N-methyl/N-ethyl adjacent to an activating group) is 1. The van der Waals surface area contributed by atoms with Crippen LogP contribution in [-0.4, -0.2) is 57.0 Å². The Balaban J connectivity index is 2.24. The highest BCUT2D eigenvalue weighted by Gasteiger charge is 2.36. The average molecular weight is 397 g/mol. The number of carbonyl (C=O) groups excluding carboxylic acids is 2. The lowest BCUT2D eigenvalue weighted by molar-refractivity contribution is -0.140. The van der Waals surface area contributed by atoms with Gasteiger partial charge in [0.25, 0.3) is 0 Å². The molecule has 150 valence electrons. The molecule has 1 aromatic carbocycles. The molecule has 1 aromatic rings. The van der Waals surface area contributed by atoms with Crippen molar-refractivity contribution in [3.63, 3.8) is 0 Å². The van der Waals surface area contributed by atoms with Gasteiger partial charge in [0.15, 0.2) is 0 Å². The van der Waals surface area contributed by atoms with Crippen LogP contribution in [0.5, 0.6) is 0 Å². The van der Waals surface area contributed by atoms with Gasteiger partial charge in [0.2, 0.25) is 10.0 Å². The molecule has 2 amide bonds. The lowest BCUT2D eigenvalue weighted by Gasteiger charge is -2.35. The predicted molar refractivity (Wildman–Crippen MR) is 101 cm³/mol. The van der Waals surface area contributed by atoms with Gasteiger partial charge in [-0.25, -0.2) is 8.42 Å². The molecule has 1 unspecified atom stereocenters. The van der Waals surface area contributed by atoms with Gasteiger partial charge in [-0.1, -0.05) is 17.7 Å². The number of amides is 2. The number of ether oxygens (including phenoxy) is 1. The number of sulfonamides is 1. The van der Waals surface area contributed by atoms with Crippen LogP contribution >= 0.6 is 0 Å². The number of hydrogen-bond donors (Lipinski definition) is 2. The molecule has 1 aliphatic heterocycles. The minimum Gasteiger partial charge on any atom is -0.360 e. The molecule has 1 atom stereocenters. The molecule has 1 saturated heterocycles. The first-order chi connectivity index (χ1) is 12.7. The standard InChI is InChI=1S/C18H27N3O5S/c1-5-19-17(22)18(23)20-11-15-21(7-6-8-26-15)27(24,25)16-13(3)9-12(2)10-14(16)4/h9-10,15H,5-8,11H2,1-4H3,(H,19,22)(H,20,23). The zero-order valence-corrected chi connectivity index (χ0v) is 17.0. The fourth-order valence-electron chi connectivity index (χ4n) is 3.29. The van der Waals surface area contributed by atoms with E-state index in [4.69, 9.17) is 4.74 Å². The minimum atomic E-state index is -3.81. The molecule has 1 aliphatic rings. The summed E-state index contributed by atoms with van der Waals surface area (Å²) in [7, 11) is -3.81. The summed E-state index contributed by atoms with van der Waals surface area (Å²) in [6, 6.07) is 3.66. The van der Waals surface area contributed by atoms with Gasteiger partial charge in [-0.2, -0.15) is 4.31 Å². The summed E-state index contributed by atoms with van der Waals surface area (Å²) in [5.41, 5.74) is 2.33. The third-order valence-corrected chi connectivity index (χ3v) is 6.50. The SMILES string of the molecule is CCNC(=O)C(=O)NCC1OCCCN1S(=O)(=O)c1c(C)cc(C)cc1C. The second kappa shape index (κ2) is 8.81. The summed E-state index contributed by atoms with van der Waals surface area (Å²) in [6.45, 7) is 8.07. The summed E-state index contributed by atoms with van der Waals surface area (Å²) < 4.78 is 33.4. The lowest BCUT2D eigenvalue weighted by atomic mass is 10.1. The van der Waals surface area contributed by atoms with Crippen LogP contribution in [0.3, 0.4) is 0 Å². The zero-order valence-electron chi connectivity index (χ0n) is 16.2. The smallest absolute Gasteiger partial charge is 0.309 e. The van der Waals surface area contributed by atoms with E-state index in [1.54, 1.807) is 20.8 Å². The summed E-state index contributed by atoms with van der Waals surface area (Å²) in [4.78, 5) is 23.6. The van der Waals surface area contributed by atoms with E-state index in [1.165, 1.54) is 4.31 Å². The van der Waals surface area contributed by atoms with Gasteiger partial charge in [-0.3, -0.25) is 9.59 Å². The highest BCUT2D eigenvalue weighted by Crippen LogP contribution is 2.28. The van der Waals surface area contributed by atoms with Crippen LogP contribution in [0.25, 0.3) is 0 Å². The van der Waals surface area contributed by atoms with E-state index in [9.17, 15) is 18.0 Å². The maximum absolute atomic E-state index is 13.3. The van der Waals surface area contributed by atoms with Crippen LogP contribution in [0.2, 0.25) is 0 Å². The maximum atomic E-state index is 13.3. The zero-order chi connectivity index (χ0) is 20.2. The molecule has 1 fully saturated rings. The first kappa shape index (κ1) is 21.3. The summed E-state index contributed by atoms with van der Waals surface area (Å²) in [6.07, 6.45) is -0.300. The van der Waals surface area contributed by atoms with Gasteiger partial charge < -0.3 is 15.4 Å². The molecule has 9 heteroatoms. The van der Waals surface area contributed by atoms with Crippen molar-refractivity contribution in [3.05, 3.63) is 28.8 Å². The van der Waals surface area contributed by atoms with E-state index in [0.717, 1.165) is 5.56 Å². The number of nitrogens with zero attached hydrogens (tertiary/aromatic N) is 1. The third-order valence-electron chi connectivity index (χ3n) is 4.31. The Hall–Kier alpha value is -1.97. The van der Waals surface area contributed by atoms with Crippen LogP contribution in [0.1, 0.15) is 30.0 Å². The van der Waals surface area contributed by atoms with Crippen molar-refractivity contribution in [2.24, 2.45) is 0 Å². The van der Waals surface area contributed by atoms with Crippen molar-refractivity contribution in [1.82, 2.24) is 14.9 Å². The lowest BCUT2D eigenvalue weighted by Crippen LogP contribution is -2.53. The van der Waals surface area contributed by atoms with E-state index in [0.29, 0.717) is 30.7 Å². The van der Waals surface area contributed by atoms with Crippen LogP contribution in [0.4, 0.5) is 0 Å². The van der Waals surface area contributed by atoms with E-state index < -0.39 is 28.1 Å². The van der Waals surface area contributed by atoms with Crippen molar-refractivity contribution >= 4 is 21.8 Å². The molecule has 0 spiro atoms. The molecule has 0 radical (unpaired) electrons. The maximum Gasteiger partial charge on any atom is 0.309 e. The van der Waals surface area contributed by atoms with Crippen LogP contribution in [0.15, 0.2) is 17.0 Å². The van der Waals surface area contributed by atoms with Crippen molar-refractivity contribution in [2.45, 2.75) is 45.2 Å². The molecule has 1 heterocycles. The molecule has 0 aliphatic carbocycles. The fraction of sp³-hybridized carbons (Fsp3) is 0.556. The van der Waals surface area contributed by atoms with Crippen LogP contribution in [0, 0.1) is 20.8 Å². The summed E-state index contributed by atoms with van der Waals surface area (Å²) >= 11 is 0. The summed E-state index contributed by atoms with van der Waals surface area (Å²) in [5.74, 6) is -1.57. The van der Waals surface area contributed by atoms with Gasteiger partial charge in [-0.15, -0.1) is 0 Å². The van der Waals surface area contributed by atoms with Gasteiger partial charge in [0.1, 0.15) is 6.23 Å². The Morgan fingerprint density at radius 1 is 1.15 bits per heavy atom.